The maximum absolute atomic E-state index is 4.87. The number of benzene rings is 3. The summed E-state index contributed by atoms with van der Waals surface area (Å²) in [7, 11) is 0. The van der Waals surface area contributed by atoms with E-state index in [0.29, 0.717) is 11.5 Å². The van der Waals surface area contributed by atoms with Crippen LogP contribution in [0.5, 0.6) is 0 Å². The molecule has 1 aliphatic carbocycles. The number of hydrogen-bond donors (Lipinski definition) is 4. The number of anilines is 4. The Labute approximate surface area is 241 Å². The van der Waals surface area contributed by atoms with Crippen LogP contribution in [0.15, 0.2) is 72.9 Å². The van der Waals surface area contributed by atoms with Gasteiger partial charge >= 0.3 is 0 Å². The van der Waals surface area contributed by atoms with Crippen LogP contribution in [0, 0.1) is 5.41 Å². The highest BCUT2D eigenvalue weighted by Crippen LogP contribution is 2.45. The molecule has 2 aromatic heterocycles. The van der Waals surface area contributed by atoms with Crippen molar-refractivity contribution < 1.29 is 0 Å². The SMILES string of the molecule is CCCN(CCC)c1ccc2nccc(Nc3ccc(-c4nc5ccc(NC6CC7(CNC7)C6)cc5[nH]4)cc3)c2c1. The van der Waals surface area contributed by atoms with Crippen molar-refractivity contribution in [2.75, 3.05) is 41.7 Å². The number of H-pyrrole nitrogens is 1. The van der Waals surface area contributed by atoms with Crippen molar-refractivity contribution in [3.63, 3.8) is 0 Å². The molecule has 7 rings (SSSR count). The van der Waals surface area contributed by atoms with E-state index in [4.69, 9.17) is 4.98 Å². The van der Waals surface area contributed by atoms with Gasteiger partial charge in [0, 0.05) is 72.1 Å². The first-order valence-electron chi connectivity index (χ1n) is 15.1. The lowest BCUT2D eigenvalue weighted by molar-refractivity contribution is 0.0470. The number of aromatic nitrogens is 3. The molecule has 3 aromatic carbocycles. The fourth-order valence-corrected chi connectivity index (χ4v) is 6.54. The number of nitrogens with one attached hydrogen (secondary N) is 4. The summed E-state index contributed by atoms with van der Waals surface area (Å²) in [6.45, 7) is 8.95. The second-order valence-corrected chi connectivity index (χ2v) is 11.9. The van der Waals surface area contributed by atoms with Crippen molar-refractivity contribution in [2.24, 2.45) is 5.41 Å². The molecule has 0 radical (unpaired) electrons. The molecule has 41 heavy (non-hydrogen) atoms. The summed E-state index contributed by atoms with van der Waals surface area (Å²) >= 11 is 0. The average Bonchev–Trinajstić information content (AvgIpc) is 3.37. The number of imidazole rings is 1. The van der Waals surface area contributed by atoms with E-state index in [1.165, 1.54) is 37.3 Å². The monoisotopic (exact) mass is 545 g/mol. The first-order chi connectivity index (χ1) is 20.1. The summed E-state index contributed by atoms with van der Waals surface area (Å²) in [4.78, 5) is 15.5. The summed E-state index contributed by atoms with van der Waals surface area (Å²) in [5.41, 5.74) is 9.20. The highest BCUT2D eigenvalue weighted by atomic mass is 15.1. The Hall–Kier alpha value is -4.10. The van der Waals surface area contributed by atoms with Gasteiger partial charge in [-0.05, 0) is 97.8 Å². The van der Waals surface area contributed by atoms with E-state index < -0.39 is 0 Å². The molecule has 1 spiro atoms. The lowest BCUT2D eigenvalue weighted by Gasteiger charge is -2.54. The summed E-state index contributed by atoms with van der Waals surface area (Å²) < 4.78 is 0. The van der Waals surface area contributed by atoms with Crippen molar-refractivity contribution in [3.8, 4) is 11.4 Å². The zero-order valence-electron chi connectivity index (χ0n) is 24.0. The second kappa shape index (κ2) is 10.7. The van der Waals surface area contributed by atoms with Gasteiger partial charge < -0.3 is 25.8 Å². The normalized spacial score (nSPS) is 16.0. The standard InChI is InChI=1S/C34H39N7/c1-3-15-41(16-4-2)27-10-12-29-28(18-27)30(13-14-36-29)38-24-7-5-23(6-8-24)33-39-31-11-9-25(17-32(31)40-33)37-26-19-34(20-26)21-35-22-34/h5-14,17-18,26,35,37H,3-4,15-16,19-22H2,1-2H3,(H,36,38)(H,39,40). The maximum Gasteiger partial charge on any atom is 0.138 e. The molecule has 1 saturated carbocycles. The molecule has 7 heteroatoms. The predicted octanol–water partition coefficient (Wildman–Crippen LogP) is 7.31. The maximum atomic E-state index is 4.87. The van der Waals surface area contributed by atoms with E-state index >= 15 is 0 Å². The van der Waals surface area contributed by atoms with Crippen molar-refractivity contribution in [3.05, 3.63) is 72.9 Å². The molecule has 2 fully saturated rings. The number of pyridine rings is 1. The number of aromatic amines is 1. The van der Waals surface area contributed by atoms with Gasteiger partial charge in [0.1, 0.15) is 5.82 Å². The van der Waals surface area contributed by atoms with Crippen LogP contribution in [0.1, 0.15) is 39.5 Å². The van der Waals surface area contributed by atoms with E-state index in [0.717, 1.165) is 70.6 Å². The van der Waals surface area contributed by atoms with Crippen molar-refractivity contribution in [1.29, 1.82) is 0 Å². The number of rotatable bonds is 10. The summed E-state index contributed by atoms with van der Waals surface area (Å²) in [6.07, 6.45) is 6.66. The second-order valence-electron chi connectivity index (χ2n) is 11.9. The minimum Gasteiger partial charge on any atom is -0.382 e. The van der Waals surface area contributed by atoms with Crippen LogP contribution < -0.4 is 20.9 Å². The molecule has 1 aliphatic heterocycles. The highest BCUT2D eigenvalue weighted by Gasteiger charge is 2.48. The van der Waals surface area contributed by atoms with E-state index in [-0.39, 0.29) is 0 Å². The number of hydrogen-bond acceptors (Lipinski definition) is 6. The highest BCUT2D eigenvalue weighted by molar-refractivity contribution is 5.95. The molecule has 7 nitrogen and oxygen atoms in total. The Kier molecular flexibility index (Phi) is 6.75. The quantitative estimate of drug-likeness (QED) is 0.147. The molecule has 3 heterocycles. The molecule has 0 atom stereocenters. The molecule has 1 saturated heterocycles. The van der Waals surface area contributed by atoms with Crippen LogP contribution in [0.25, 0.3) is 33.3 Å². The topological polar surface area (TPSA) is 80.9 Å². The van der Waals surface area contributed by atoms with Gasteiger partial charge in [0.15, 0.2) is 0 Å². The third kappa shape index (κ3) is 5.10. The summed E-state index contributed by atoms with van der Waals surface area (Å²) in [6, 6.07) is 24.2. The predicted molar refractivity (Wildman–Crippen MR) is 171 cm³/mol. The average molecular weight is 546 g/mol. The summed E-state index contributed by atoms with van der Waals surface area (Å²) in [5, 5.41) is 11.9. The molecule has 0 bridgehead atoms. The van der Waals surface area contributed by atoms with E-state index in [2.05, 4.69) is 111 Å². The van der Waals surface area contributed by atoms with Gasteiger partial charge in [0.05, 0.1) is 16.6 Å². The molecule has 4 N–H and O–H groups in total. The minimum absolute atomic E-state index is 0.571. The first kappa shape index (κ1) is 25.8. The fourth-order valence-electron chi connectivity index (χ4n) is 6.54. The van der Waals surface area contributed by atoms with E-state index in [1.54, 1.807) is 0 Å². The third-order valence-electron chi connectivity index (χ3n) is 8.73. The Morgan fingerprint density at radius 1 is 0.878 bits per heavy atom. The zero-order chi connectivity index (χ0) is 27.8. The van der Waals surface area contributed by atoms with Crippen LogP contribution in [0.4, 0.5) is 22.7 Å². The molecule has 2 aliphatic rings. The van der Waals surface area contributed by atoms with E-state index in [1.807, 2.05) is 6.20 Å². The summed E-state index contributed by atoms with van der Waals surface area (Å²) in [5.74, 6) is 0.887. The zero-order valence-corrected chi connectivity index (χ0v) is 24.0. The number of fused-ring (bicyclic) bond motifs is 2. The van der Waals surface area contributed by atoms with Gasteiger partial charge in [-0.25, -0.2) is 4.98 Å². The van der Waals surface area contributed by atoms with Crippen LogP contribution >= 0.6 is 0 Å². The van der Waals surface area contributed by atoms with Gasteiger partial charge in [-0.1, -0.05) is 13.8 Å². The van der Waals surface area contributed by atoms with Crippen molar-refractivity contribution in [1.82, 2.24) is 20.3 Å². The van der Waals surface area contributed by atoms with Crippen LogP contribution in [0.3, 0.4) is 0 Å². The number of nitrogens with zero attached hydrogens (tertiary/aromatic N) is 3. The third-order valence-corrected chi connectivity index (χ3v) is 8.73. The largest absolute Gasteiger partial charge is 0.382 e. The van der Waals surface area contributed by atoms with Crippen LogP contribution in [-0.2, 0) is 0 Å². The van der Waals surface area contributed by atoms with E-state index in [9.17, 15) is 0 Å². The van der Waals surface area contributed by atoms with Gasteiger partial charge in [-0.3, -0.25) is 4.98 Å². The lowest BCUT2D eigenvalue weighted by Crippen LogP contribution is -2.63. The van der Waals surface area contributed by atoms with Crippen LogP contribution in [-0.4, -0.2) is 47.2 Å². The van der Waals surface area contributed by atoms with Gasteiger partial charge in [0.2, 0.25) is 0 Å². The minimum atomic E-state index is 0.571. The van der Waals surface area contributed by atoms with Crippen molar-refractivity contribution in [2.45, 2.75) is 45.6 Å². The Morgan fingerprint density at radius 3 is 2.37 bits per heavy atom. The molecule has 0 amide bonds. The van der Waals surface area contributed by atoms with Gasteiger partial charge in [-0.15, -0.1) is 0 Å². The smallest absolute Gasteiger partial charge is 0.138 e. The first-order valence-corrected chi connectivity index (χ1v) is 15.1. The molecular formula is C34H39N7. The van der Waals surface area contributed by atoms with Gasteiger partial charge in [0.25, 0.3) is 0 Å². The Balaban J connectivity index is 1.07. The van der Waals surface area contributed by atoms with Crippen LogP contribution in [0.2, 0.25) is 0 Å². The molecule has 0 unspecified atom stereocenters. The Bertz CT molecular complexity index is 1650. The van der Waals surface area contributed by atoms with Gasteiger partial charge in [-0.2, -0.15) is 0 Å². The molecule has 5 aromatic rings. The lowest BCUT2D eigenvalue weighted by atomic mass is 9.61. The molecule has 210 valence electrons. The van der Waals surface area contributed by atoms with Crippen molar-refractivity contribution >= 4 is 44.7 Å². The Morgan fingerprint density at radius 2 is 1.63 bits per heavy atom. The fraction of sp³-hybridized carbons (Fsp3) is 0.353. The molecular weight excluding hydrogens is 506 g/mol.